The molecule has 0 aliphatic carbocycles. The minimum atomic E-state index is 0.701. The molecule has 2 N–H and O–H groups in total. The lowest BCUT2D eigenvalue weighted by Gasteiger charge is -2.06. The Kier molecular flexibility index (Phi) is 2.97. The van der Waals surface area contributed by atoms with Crippen molar-refractivity contribution in [1.82, 2.24) is 0 Å². The highest BCUT2D eigenvalue weighted by Gasteiger charge is 1.98. The van der Waals surface area contributed by atoms with Crippen LogP contribution in [0.2, 0.25) is 0 Å². The van der Waals surface area contributed by atoms with Crippen LogP contribution in [0.25, 0.3) is 0 Å². The van der Waals surface area contributed by atoms with Crippen LogP contribution in [0.4, 0.5) is 5.69 Å². The van der Waals surface area contributed by atoms with Gasteiger partial charge < -0.3 is 10.5 Å². The molecule has 1 aromatic rings. The standard InChI is InChI=1S/C10H15NO/c1-3-8-7-9(12-4-2)5-6-10(8)11/h5-7H,3-4,11H2,1-2H3. The van der Waals surface area contributed by atoms with Gasteiger partial charge in [0.2, 0.25) is 0 Å². The van der Waals surface area contributed by atoms with Gasteiger partial charge in [-0.25, -0.2) is 0 Å². The number of anilines is 1. The predicted molar refractivity (Wildman–Crippen MR) is 51.4 cm³/mol. The number of benzene rings is 1. The normalized spacial score (nSPS) is 9.83. The van der Waals surface area contributed by atoms with Gasteiger partial charge in [-0.2, -0.15) is 0 Å². The summed E-state index contributed by atoms with van der Waals surface area (Å²) >= 11 is 0. The van der Waals surface area contributed by atoms with Crippen LogP contribution >= 0.6 is 0 Å². The van der Waals surface area contributed by atoms with Gasteiger partial charge in [-0.15, -0.1) is 0 Å². The third kappa shape index (κ3) is 1.91. The van der Waals surface area contributed by atoms with E-state index in [1.54, 1.807) is 0 Å². The van der Waals surface area contributed by atoms with E-state index in [1.807, 2.05) is 25.1 Å². The number of aryl methyl sites for hydroxylation is 1. The highest BCUT2D eigenvalue weighted by molar-refractivity contribution is 5.50. The third-order valence-corrected chi connectivity index (χ3v) is 1.81. The molecule has 0 saturated heterocycles. The predicted octanol–water partition coefficient (Wildman–Crippen LogP) is 2.23. The SMILES string of the molecule is CCOc1ccc(N)c(CC)c1. The maximum absolute atomic E-state index is 5.74. The van der Waals surface area contributed by atoms with Crippen molar-refractivity contribution in [3.8, 4) is 5.75 Å². The molecule has 0 aliphatic heterocycles. The van der Waals surface area contributed by atoms with Crippen LogP contribution in [0, 0.1) is 0 Å². The minimum absolute atomic E-state index is 0.701. The fourth-order valence-electron chi connectivity index (χ4n) is 1.14. The number of nitrogens with two attached hydrogens (primary N) is 1. The molecule has 0 aliphatic rings. The summed E-state index contributed by atoms with van der Waals surface area (Å²) in [6.45, 7) is 4.76. The largest absolute Gasteiger partial charge is 0.494 e. The second-order valence-electron chi connectivity index (χ2n) is 2.65. The average molecular weight is 165 g/mol. The van der Waals surface area contributed by atoms with Gasteiger partial charge >= 0.3 is 0 Å². The topological polar surface area (TPSA) is 35.2 Å². The molecule has 66 valence electrons. The highest BCUT2D eigenvalue weighted by atomic mass is 16.5. The van der Waals surface area contributed by atoms with Crippen molar-refractivity contribution in [2.75, 3.05) is 12.3 Å². The molecule has 12 heavy (non-hydrogen) atoms. The van der Waals surface area contributed by atoms with Crippen molar-refractivity contribution >= 4 is 5.69 Å². The van der Waals surface area contributed by atoms with E-state index in [0.29, 0.717) is 6.61 Å². The van der Waals surface area contributed by atoms with Crippen LogP contribution in [0.5, 0.6) is 5.75 Å². The molecule has 0 unspecified atom stereocenters. The van der Waals surface area contributed by atoms with Gasteiger partial charge in [0.25, 0.3) is 0 Å². The molecule has 0 fully saturated rings. The Morgan fingerprint density at radius 1 is 1.33 bits per heavy atom. The zero-order valence-corrected chi connectivity index (χ0v) is 7.63. The monoisotopic (exact) mass is 165 g/mol. The maximum Gasteiger partial charge on any atom is 0.119 e. The number of rotatable bonds is 3. The lowest BCUT2D eigenvalue weighted by molar-refractivity contribution is 0.340. The van der Waals surface area contributed by atoms with Crippen LogP contribution in [-0.2, 0) is 6.42 Å². The minimum Gasteiger partial charge on any atom is -0.494 e. The third-order valence-electron chi connectivity index (χ3n) is 1.81. The van der Waals surface area contributed by atoms with E-state index in [0.717, 1.165) is 23.4 Å². The Hall–Kier alpha value is -1.18. The van der Waals surface area contributed by atoms with E-state index in [2.05, 4.69) is 6.92 Å². The molecule has 2 nitrogen and oxygen atoms in total. The summed E-state index contributed by atoms with van der Waals surface area (Å²) in [6, 6.07) is 5.79. The molecular formula is C10H15NO. The van der Waals surface area contributed by atoms with Crippen molar-refractivity contribution in [2.45, 2.75) is 20.3 Å². The van der Waals surface area contributed by atoms with Crippen molar-refractivity contribution < 1.29 is 4.74 Å². The fraction of sp³-hybridized carbons (Fsp3) is 0.400. The van der Waals surface area contributed by atoms with E-state index in [1.165, 1.54) is 0 Å². The zero-order chi connectivity index (χ0) is 8.97. The van der Waals surface area contributed by atoms with Gasteiger partial charge in [-0.1, -0.05) is 6.92 Å². The Bertz CT molecular complexity index is 258. The molecular weight excluding hydrogens is 150 g/mol. The van der Waals surface area contributed by atoms with Crippen molar-refractivity contribution in [3.05, 3.63) is 23.8 Å². The summed E-state index contributed by atoms with van der Waals surface area (Å²) in [5.41, 5.74) is 7.74. The summed E-state index contributed by atoms with van der Waals surface area (Å²) in [5, 5.41) is 0. The lowest BCUT2D eigenvalue weighted by Crippen LogP contribution is -1.96. The molecule has 0 spiro atoms. The summed E-state index contributed by atoms with van der Waals surface area (Å²) in [7, 11) is 0. The van der Waals surface area contributed by atoms with Crippen LogP contribution in [0.15, 0.2) is 18.2 Å². The molecule has 0 radical (unpaired) electrons. The van der Waals surface area contributed by atoms with E-state index >= 15 is 0 Å². The summed E-state index contributed by atoms with van der Waals surface area (Å²) < 4.78 is 5.35. The molecule has 0 bridgehead atoms. The lowest BCUT2D eigenvalue weighted by atomic mass is 10.1. The molecule has 1 aromatic carbocycles. The molecule has 2 heteroatoms. The van der Waals surface area contributed by atoms with Crippen molar-refractivity contribution in [2.24, 2.45) is 0 Å². The van der Waals surface area contributed by atoms with E-state index in [-0.39, 0.29) is 0 Å². The molecule has 1 rings (SSSR count). The van der Waals surface area contributed by atoms with Crippen LogP contribution in [-0.4, -0.2) is 6.61 Å². The van der Waals surface area contributed by atoms with E-state index < -0.39 is 0 Å². The molecule has 0 amide bonds. The number of ether oxygens (including phenoxy) is 1. The van der Waals surface area contributed by atoms with Gasteiger partial charge in [0.05, 0.1) is 6.61 Å². The molecule has 0 aromatic heterocycles. The van der Waals surface area contributed by atoms with Gasteiger partial charge in [0, 0.05) is 5.69 Å². The smallest absolute Gasteiger partial charge is 0.119 e. The Morgan fingerprint density at radius 3 is 2.67 bits per heavy atom. The molecule has 0 heterocycles. The first-order valence-corrected chi connectivity index (χ1v) is 4.29. The summed E-state index contributed by atoms with van der Waals surface area (Å²) in [6.07, 6.45) is 0.951. The van der Waals surface area contributed by atoms with Crippen molar-refractivity contribution in [3.63, 3.8) is 0 Å². The van der Waals surface area contributed by atoms with Gasteiger partial charge in [-0.05, 0) is 37.1 Å². The van der Waals surface area contributed by atoms with E-state index in [9.17, 15) is 0 Å². The fourth-order valence-corrected chi connectivity index (χ4v) is 1.14. The Morgan fingerprint density at radius 2 is 2.08 bits per heavy atom. The first-order chi connectivity index (χ1) is 5.77. The summed E-state index contributed by atoms with van der Waals surface area (Å²) in [5.74, 6) is 0.906. The van der Waals surface area contributed by atoms with Gasteiger partial charge in [0.1, 0.15) is 5.75 Å². The first kappa shape index (κ1) is 8.91. The highest BCUT2D eigenvalue weighted by Crippen LogP contribution is 2.19. The van der Waals surface area contributed by atoms with Crippen LogP contribution in [0.1, 0.15) is 19.4 Å². The Balaban J connectivity index is 2.89. The maximum atomic E-state index is 5.74. The number of hydrogen-bond acceptors (Lipinski definition) is 2. The van der Waals surface area contributed by atoms with Gasteiger partial charge in [-0.3, -0.25) is 0 Å². The molecule has 0 saturated carbocycles. The summed E-state index contributed by atoms with van der Waals surface area (Å²) in [4.78, 5) is 0. The Labute approximate surface area is 73.3 Å². The first-order valence-electron chi connectivity index (χ1n) is 4.29. The quantitative estimate of drug-likeness (QED) is 0.697. The van der Waals surface area contributed by atoms with Gasteiger partial charge in [0.15, 0.2) is 0 Å². The van der Waals surface area contributed by atoms with Crippen LogP contribution < -0.4 is 10.5 Å². The number of nitrogen functional groups attached to an aromatic ring is 1. The van der Waals surface area contributed by atoms with Crippen LogP contribution in [0.3, 0.4) is 0 Å². The average Bonchev–Trinajstić information content (AvgIpc) is 2.09. The zero-order valence-electron chi connectivity index (χ0n) is 7.63. The number of hydrogen-bond donors (Lipinski definition) is 1. The second-order valence-corrected chi connectivity index (χ2v) is 2.65. The second kappa shape index (κ2) is 4.00. The molecule has 0 atom stereocenters. The van der Waals surface area contributed by atoms with Crippen molar-refractivity contribution in [1.29, 1.82) is 0 Å². The van der Waals surface area contributed by atoms with E-state index in [4.69, 9.17) is 10.5 Å².